The first-order chi connectivity index (χ1) is 15.7. The van der Waals surface area contributed by atoms with E-state index in [9.17, 15) is 4.39 Å². The Morgan fingerprint density at radius 1 is 0.875 bits per heavy atom. The van der Waals surface area contributed by atoms with Gasteiger partial charge >= 0.3 is 0 Å². The molecule has 0 radical (unpaired) electrons. The van der Waals surface area contributed by atoms with Crippen LogP contribution in [0.15, 0.2) is 91.4 Å². The summed E-state index contributed by atoms with van der Waals surface area (Å²) in [6, 6.07) is 21.3. The second-order valence-corrected chi connectivity index (χ2v) is 7.07. The highest BCUT2D eigenvalue weighted by molar-refractivity contribution is 5.90. The van der Waals surface area contributed by atoms with Crippen molar-refractivity contribution in [2.45, 2.75) is 6.54 Å². The van der Waals surface area contributed by atoms with Crippen LogP contribution in [0.5, 0.6) is 11.6 Å². The number of hydrogen-bond donors (Lipinski definition) is 1. The number of nitrogens with one attached hydrogen (secondary N) is 1. The summed E-state index contributed by atoms with van der Waals surface area (Å²) in [6.45, 7) is 0.518. The predicted octanol–water partition coefficient (Wildman–Crippen LogP) is 5.63. The number of aromatic nitrogens is 4. The van der Waals surface area contributed by atoms with Gasteiger partial charge in [-0.25, -0.2) is 19.3 Å². The van der Waals surface area contributed by atoms with Crippen molar-refractivity contribution in [1.82, 2.24) is 19.9 Å². The number of anilines is 1. The van der Waals surface area contributed by atoms with Crippen LogP contribution in [-0.2, 0) is 6.54 Å². The van der Waals surface area contributed by atoms with Crippen LogP contribution in [0.3, 0.4) is 0 Å². The van der Waals surface area contributed by atoms with Gasteiger partial charge in [0.05, 0.1) is 5.52 Å². The van der Waals surface area contributed by atoms with Crippen LogP contribution in [0, 0.1) is 5.82 Å². The fourth-order valence-corrected chi connectivity index (χ4v) is 3.25. The molecule has 0 aliphatic heterocycles. The summed E-state index contributed by atoms with van der Waals surface area (Å²) in [5.74, 6) is 1.81. The molecule has 7 heteroatoms. The Morgan fingerprint density at radius 3 is 2.56 bits per heavy atom. The summed E-state index contributed by atoms with van der Waals surface area (Å²) >= 11 is 0. The Bertz CT molecular complexity index is 1360. The Balaban J connectivity index is 1.35. The lowest BCUT2D eigenvalue weighted by atomic mass is 10.2. The maximum Gasteiger partial charge on any atom is 0.219 e. The molecule has 3 heterocycles. The van der Waals surface area contributed by atoms with Gasteiger partial charge in [0.15, 0.2) is 5.82 Å². The Kier molecular flexibility index (Phi) is 5.36. The Hall–Kier alpha value is -4.39. The van der Waals surface area contributed by atoms with Gasteiger partial charge in [-0.3, -0.25) is 4.98 Å². The number of ether oxygens (including phenoxy) is 1. The van der Waals surface area contributed by atoms with E-state index in [1.165, 1.54) is 12.1 Å². The smallest absolute Gasteiger partial charge is 0.219 e. The van der Waals surface area contributed by atoms with Crippen LogP contribution in [-0.4, -0.2) is 19.9 Å². The standard InChI is InChI=1S/C25H18FN5O/c26-19-4-3-5-20(14-19)32-23-9-8-17(15-28-23)16-29-25-21-6-1-2-7-22(21)30-24(31-25)18-10-12-27-13-11-18/h1-15H,16H2,(H,29,30,31). The first-order valence-electron chi connectivity index (χ1n) is 10.0. The zero-order valence-electron chi connectivity index (χ0n) is 16.9. The topological polar surface area (TPSA) is 72.8 Å². The summed E-state index contributed by atoms with van der Waals surface area (Å²) in [6.07, 6.45) is 5.16. The van der Waals surface area contributed by atoms with Crippen LogP contribution in [0.2, 0.25) is 0 Å². The Morgan fingerprint density at radius 2 is 1.75 bits per heavy atom. The minimum absolute atomic E-state index is 0.355. The second kappa shape index (κ2) is 8.77. The summed E-state index contributed by atoms with van der Waals surface area (Å²) < 4.78 is 18.9. The molecular formula is C25H18FN5O. The molecule has 0 bridgehead atoms. The van der Waals surface area contributed by atoms with Crippen LogP contribution in [0.4, 0.5) is 10.2 Å². The van der Waals surface area contributed by atoms with Crippen molar-refractivity contribution in [3.8, 4) is 23.0 Å². The molecular weight excluding hydrogens is 405 g/mol. The van der Waals surface area contributed by atoms with Crippen LogP contribution in [0.1, 0.15) is 5.56 Å². The normalized spacial score (nSPS) is 10.8. The monoisotopic (exact) mass is 423 g/mol. The molecule has 0 unspecified atom stereocenters. The SMILES string of the molecule is Fc1cccc(Oc2ccc(CNc3nc(-c4ccncc4)nc4ccccc34)cn2)c1. The van der Waals surface area contributed by atoms with Gasteiger partial charge < -0.3 is 10.1 Å². The molecule has 3 aromatic heterocycles. The first kappa shape index (κ1) is 19.6. The third-order valence-corrected chi connectivity index (χ3v) is 4.82. The molecule has 0 aliphatic carbocycles. The number of para-hydroxylation sites is 1. The number of nitrogens with zero attached hydrogens (tertiary/aromatic N) is 4. The van der Waals surface area contributed by atoms with Crippen molar-refractivity contribution in [2.75, 3.05) is 5.32 Å². The van der Waals surface area contributed by atoms with Crippen molar-refractivity contribution >= 4 is 16.7 Å². The van der Waals surface area contributed by atoms with E-state index < -0.39 is 0 Å². The highest BCUT2D eigenvalue weighted by Gasteiger charge is 2.09. The lowest BCUT2D eigenvalue weighted by molar-refractivity contribution is 0.458. The van der Waals surface area contributed by atoms with E-state index in [1.54, 1.807) is 36.8 Å². The van der Waals surface area contributed by atoms with E-state index in [2.05, 4.69) is 20.3 Å². The van der Waals surface area contributed by atoms with Gasteiger partial charge in [0, 0.05) is 48.2 Å². The van der Waals surface area contributed by atoms with Gasteiger partial charge in [-0.15, -0.1) is 0 Å². The first-order valence-corrected chi connectivity index (χ1v) is 10.0. The number of pyridine rings is 2. The van der Waals surface area contributed by atoms with E-state index in [0.717, 1.165) is 27.8 Å². The predicted molar refractivity (Wildman–Crippen MR) is 121 cm³/mol. The highest BCUT2D eigenvalue weighted by Crippen LogP contribution is 2.25. The summed E-state index contributed by atoms with van der Waals surface area (Å²) in [7, 11) is 0. The van der Waals surface area contributed by atoms with Gasteiger partial charge in [-0.2, -0.15) is 0 Å². The number of benzene rings is 2. The number of halogens is 1. The fraction of sp³-hybridized carbons (Fsp3) is 0.0400. The fourth-order valence-electron chi connectivity index (χ4n) is 3.25. The van der Waals surface area contributed by atoms with Crippen molar-refractivity contribution in [3.63, 3.8) is 0 Å². The van der Waals surface area contributed by atoms with Crippen molar-refractivity contribution in [2.24, 2.45) is 0 Å². The average Bonchev–Trinajstić information content (AvgIpc) is 2.84. The summed E-state index contributed by atoms with van der Waals surface area (Å²) in [4.78, 5) is 17.8. The Labute approximate surface area is 183 Å². The minimum Gasteiger partial charge on any atom is -0.439 e. The van der Waals surface area contributed by atoms with Crippen molar-refractivity contribution < 1.29 is 9.13 Å². The molecule has 156 valence electrons. The second-order valence-electron chi connectivity index (χ2n) is 7.07. The van der Waals surface area contributed by atoms with Gasteiger partial charge in [0.1, 0.15) is 17.4 Å². The molecule has 0 atom stereocenters. The summed E-state index contributed by atoms with van der Waals surface area (Å²) in [5.41, 5.74) is 2.70. The number of rotatable bonds is 6. The lowest BCUT2D eigenvalue weighted by Crippen LogP contribution is -2.04. The molecule has 6 nitrogen and oxygen atoms in total. The number of hydrogen-bond acceptors (Lipinski definition) is 6. The molecule has 0 amide bonds. The maximum absolute atomic E-state index is 13.3. The average molecular weight is 423 g/mol. The molecule has 32 heavy (non-hydrogen) atoms. The third kappa shape index (κ3) is 4.37. The van der Waals surface area contributed by atoms with Gasteiger partial charge in [0.25, 0.3) is 0 Å². The highest BCUT2D eigenvalue weighted by atomic mass is 19.1. The third-order valence-electron chi connectivity index (χ3n) is 4.82. The van der Waals surface area contributed by atoms with Crippen molar-refractivity contribution in [3.05, 3.63) is 103 Å². The molecule has 1 N–H and O–H groups in total. The molecule has 5 rings (SSSR count). The molecule has 0 fully saturated rings. The van der Waals surface area contributed by atoms with Crippen LogP contribution >= 0.6 is 0 Å². The van der Waals surface area contributed by atoms with Gasteiger partial charge in [0.2, 0.25) is 5.88 Å². The molecule has 2 aromatic carbocycles. The van der Waals surface area contributed by atoms with E-state index in [-0.39, 0.29) is 5.82 Å². The van der Waals surface area contributed by atoms with Gasteiger partial charge in [-0.1, -0.05) is 24.3 Å². The van der Waals surface area contributed by atoms with Crippen LogP contribution < -0.4 is 10.1 Å². The van der Waals surface area contributed by atoms with E-state index in [4.69, 9.17) is 9.72 Å². The zero-order chi connectivity index (χ0) is 21.8. The summed E-state index contributed by atoms with van der Waals surface area (Å²) in [5, 5.41) is 4.33. The molecule has 0 aliphatic rings. The minimum atomic E-state index is -0.355. The van der Waals surface area contributed by atoms with Gasteiger partial charge in [-0.05, 0) is 42.0 Å². The molecule has 5 aromatic rings. The number of fused-ring (bicyclic) bond motifs is 1. The van der Waals surface area contributed by atoms with Crippen molar-refractivity contribution in [1.29, 1.82) is 0 Å². The quantitative estimate of drug-likeness (QED) is 0.382. The van der Waals surface area contributed by atoms with E-state index >= 15 is 0 Å². The van der Waals surface area contributed by atoms with E-state index in [1.807, 2.05) is 42.5 Å². The molecule has 0 saturated carbocycles. The molecule has 0 saturated heterocycles. The zero-order valence-corrected chi connectivity index (χ0v) is 16.9. The lowest BCUT2D eigenvalue weighted by Gasteiger charge is -2.11. The van der Waals surface area contributed by atoms with E-state index in [0.29, 0.717) is 24.0 Å². The van der Waals surface area contributed by atoms with Crippen LogP contribution in [0.25, 0.3) is 22.3 Å². The largest absolute Gasteiger partial charge is 0.439 e. The molecule has 0 spiro atoms. The maximum atomic E-state index is 13.3.